The van der Waals surface area contributed by atoms with Gasteiger partial charge in [-0.15, -0.1) is 0 Å². The number of benzene rings is 2. The molecular weight excluding hydrogens is 406 g/mol. The van der Waals surface area contributed by atoms with Gasteiger partial charge in [0.1, 0.15) is 11.3 Å². The van der Waals surface area contributed by atoms with Crippen molar-refractivity contribution < 1.29 is 19.1 Å². The number of para-hydroxylation sites is 1. The monoisotopic (exact) mass is 429 g/mol. The summed E-state index contributed by atoms with van der Waals surface area (Å²) in [7, 11) is 0. The smallest absolute Gasteiger partial charge is 0.335 e. The molecule has 7 heteroatoms. The summed E-state index contributed by atoms with van der Waals surface area (Å²) in [6.07, 6.45) is 1.53. The lowest BCUT2D eigenvalue weighted by molar-refractivity contribution is -0.122. The zero-order valence-corrected chi connectivity index (χ0v) is 18.1. The summed E-state index contributed by atoms with van der Waals surface area (Å²) >= 11 is 0. The Morgan fingerprint density at radius 1 is 0.938 bits per heavy atom. The number of carbonyl (C=O) groups excluding carboxylic acids is 3. The maximum Gasteiger partial charge on any atom is 0.335 e. The Morgan fingerprint density at radius 2 is 1.66 bits per heavy atom. The van der Waals surface area contributed by atoms with Gasteiger partial charge in [0.05, 0.1) is 12.3 Å². The molecule has 0 saturated carbocycles. The average molecular weight is 429 g/mol. The molecule has 0 atom stereocenters. The molecule has 0 radical (unpaired) electrons. The normalized spacial score (nSPS) is 15.3. The van der Waals surface area contributed by atoms with E-state index in [4.69, 9.17) is 4.74 Å². The van der Waals surface area contributed by atoms with Crippen LogP contribution >= 0.6 is 0 Å². The Hall–Kier alpha value is -4.13. The van der Waals surface area contributed by atoms with Crippen molar-refractivity contribution in [3.05, 3.63) is 83.2 Å². The number of imide groups is 2. The van der Waals surface area contributed by atoms with Gasteiger partial charge in [-0.25, -0.2) is 9.69 Å². The molecule has 0 spiro atoms. The minimum atomic E-state index is -0.791. The summed E-state index contributed by atoms with van der Waals surface area (Å²) in [5.74, 6) is -0.877. The second-order valence-corrected chi connectivity index (χ2v) is 7.39. The van der Waals surface area contributed by atoms with Crippen molar-refractivity contribution in [3.8, 4) is 11.4 Å². The number of barbiturate groups is 1. The predicted octanol–water partition coefficient (Wildman–Crippen LogP) is 4.16. The fourth-order valence-electron chi connectivity index (χ4n) is 3.83. The number of aryl methyl sites for hydroxylation is 1. The number of urea groups is 1. The number of carbonyl (C=O) groups is 3. The highest BCUT2D eigenvalue weighted by molar-refractivity contribution is 6.39. The van der Waals surface area contributed by atoms with E-state index < -0.39 is 17.8 Å². The second-order valence-electron chi connectivity index (χ2n) is 7.39. The van der Waals surface area contributed by atoms with Crippen LogP contribution in [0, 0.1) is 13.8 Å². The van der Waals surface area contributed by atoms with E-state index in [9.17, 15) is 14.4 Å². The summed E-state index contributed by atoms with van der Waals surface area (Å²) in [6.45, 7) is 6.17. The van der Waals surface area contributed by atoms with Crippen LogP contribution in [0.2, 0.25) is 0 Å². The molecule has 1 aromatic heterocycles. The van der Waals surface area contributed by atoms with Crippen LogP contribution in [0.25, 0.3) is 11.8 Å². The zero-order chi connectivity index (χ0) is 22.8. The van der Waals surface area contributed by atoms with Gasteiger partial charge in [0.15, 0.2) is 0 Å². The summed E-state index contributed by atoms with van der Waals surface area (Å²) < 4.78 is 7.52. The first kappa shape index (κ1) is 21.1. The number of hydrogen-bond donors (Lipinski definition) is 1. The van der Waals surface area contributed by atoms with Crippen LogP contribution in [0.5, 0.6) is 5.75 Å². The summed E-state index contributed by atoms with van der Waals surface area (Å²) in [4.78, 5) is 39.2. The lowest BCUT2D eigenvalue weighted by Crippen LogP contribution is -2.54. The first-order valence-corrected chi connectivity index (χ1v) is 10.3. The van der Waals surface area contributed by atoms with E-state index in [-0.39, 0.29) is 5.57 Å². The molecule has 0 bridgehead atoms. The Labute approximate surface area is 185 Å². The van der Waals surface area contributed by atoms with E-state index in [1.54, 1.807) is 24.3 Å². The van der Waals surface area contributed by atoms with Crippen molar-refractivity contribution >= 4 is 29.6 Å². The Kier molecular flexibility index (Phi) is 5.64. The van der Waals surface area contributed by atoms with Gasteiger partial charge >= 0.3 is 6.03 Å². The second kappa shape index (κ2) is 8.55. The number of aromatic nitrogens is 1. The third-order valence-corrected chi connectivity index (χ3v) is 5.27. The molecule has 162 valence electrons. The highest BCUT2D eigenvalue weighted by atomic mass is 16.5. The minimum absolute atomic E-state index is 0.111. The van der Waals surface area contributed by atoms with Crippen LogP contribution < -0.4 is 15.0 Å². The predicted molar refractivity (Wildman–Crippen MR) is 122 cm³/mol. The number of ether oxygens (including phenoxy) is 1. The number of nitrogens with one attached hydrogen (secondary N) is 1. The summed E-state index contributed by atoms with van der Waals surface area (Å²) in [5.41, 5.74) is 3.76. The van der Waals surface area contributed by atoms with Crippen LogP contribution in [-0.4, -0.2) is 29.0 Å². The quantitative estimate of drug-likeness (QED) is 0.488. The SMILES string of the molecule is CCOc1cccc(N2C(=O)NC(=O)/C(=C\c3cc(C)n(-c4ccccc4)c3C)C2=O)c1. The number of amides is 4. The third-order valence-electron chi connectivity index (χ3n) is 5.27. The first-order valence-electron chi connectivity index (χ1n) is 10.3. The fraction of sp³-hybridized carbons (Fsp3) is 0.160. The van der Waals surface area contributed by atoms with Crippen LogP contribution in [-0.2, 0) is 9.59 Å². The van der Waals surface area contributed by atoms with Crippen molar-refractivity contribution in [2.45, 2.75) is 20.8 Å². The molecule has 32 heavy (non-hydrogen) atoms. The molecule has 0 aliphatic carbocycles. The van der Waals surface area contributed by atoms with Gasteiger partial charge in [-0.3, -0.25) is 14.9 Å². The maximum absolute atomic E-state index is 13.2. The topological polar surface area (TPSA) is 80.6 Å². The number of anilines is 1. The van der Waals surface area contributed by atoms with Gasteiger partial charge in [-0.1, -0.05) is 24.3 Å². The Bertz CT molecular complexity index is 1240. The van der Waals surface area contributed by atoms with Gasteiger partial charge in [0.2, 0.25) is 0 Å². The molecule has 1 saturated heterocycles. The van der Waals surface area contributed by atoms with Gasteiger partial charge in [0.25, 0.3) is 11.8 Å². The highest BCUT2D eigenvalue weighted by Crippen LogP contribution is 2.27. The van der Waals surface area contributed by atoms with Crippen molar-refractivity contribution in [1.82, 2.24) is 9.88 Å². The zero-order valence-electron chi connectivity index (χ0n) is 18.1. The Balaban J connectivity index is 1.74. The van der Waals surface area contributed by atoms with Crippen LogP contribution in [0.4, 0.5) is 10.5 Å². The van der Waals surface area contributed by atoms with E-state index in [2.05, 4.69) is 5.32 Å². The molecule has 0 unspecified atom stereocenters. The van der Waals surface area contributed by atoms with Crippen molar-refractivity contribution in [3.63, 3.8) is 0 Å². The van der Waals surface area contributed by atoms with Gasteiger partial charge < -0.3 is 9.30 Å². The average Bonchev–Trinajstić information content (AvgIpc) is 3.05. The summed E-state index contributed by atoms with van der Waals surface area (Å²) in [5, 5.41) is 2.26. The molecule has 1 aliphatic heterocycles. The highest BCUT2D eigenvalue weighted by Gasteiger charge is 2.37. The van der Waals surface area contributed by atoms with E-state index in [1.165, 1.54) is 6.08 Å². The molecule has 1 aliphatic rings. The molecule has 4 amide bonds. The lowest BCUT2D eigenvalue weighted by Gasteiger charge is -2.26. The van der Waals surface area contributed by atoms with E-state index in [0.29, 0.717) is 18.0 Å². The Morgan fingerprint density at radius 3 is 2.38 bits per heavy atom. The van der Waals surface area contributed by atoms with Crippen LogP contribution in [0.3, 0.4) is 0 Å². The van der Waals surface area contributed by atoms with Gasteiger partial charge in [-0.05, 0) is 62.7 Å². The minimum Gasteiger partial charge on any atom is -0.494 e. The fourth-order valence-corrected chi connectivity index (χ4v) is 3.83. The molecule has 1 N–H and O–H groups in total. The molecular formula is C25H23N3O4. The van der Waals surface area contributed by atoms with Gasteiger partial charge in [-0.2, -0.15) is 0 Å². The first-order chi connectivity index (χ1) is 15.4. The van der Waals surface area contributed by atoms with Crippen molar-refractivity contribution in [2.24, 2.45) is 0 Å². The van der Waals surface area contributed by atoms with E-state index in [1.807, 2.05) is 61.7 Å². The van der Waals surface area contributed by atoms with Crippen molar-refractivity contribution in [2.75, 3.05) is 11.5 Å². The standard InChI is InChI=1S/C25H23N3O4/c1-4-32-21-12-8-11-20(15-21)28-24(30)22(23(29)26-25(28)31)14-18-13-16(2)27(17(18)3)19-9-6-5-7-10-19/h5-15H,4H2,1-3H3,(H,26,29,31)/b22-14+. The van der Waals surface area contributed by atoms with Crippen molar-refractivity contribution in [1.29, 1.82) is 0 Å². The molecule has 4 rings (SSSR count). The molecule has 7 nitrogen and oxygen atoms in total. The number of nitrogens with zero attached hydrogens (tertiary/aromatic N) is 2. The van der Waals surface area contributed by atoms with E-state index in [0.717, 1.165) is 27.5 Å². The van der Waals surface area contributed by atoms with Crippen LogP contribution in [0.1, 0.15) is 23.9 Å². The number of rotatable bonds is 5. The molecule has 3 aromatic rings. The largest absolute Gasteiger partial charge is 0.494 e. The third kappa shape index (κ3) is 3.80. The molecule has 1 fully saturated rings. The summed E-state index contributed by atoms with van der Waals surface area (Å²) in [6, 6.07) is 17.6. The molecule has 2 heterocycles. The van der Waals surface area contributed by atoms with Crippen LogP contribution in [0.15, 0.2) is 66.2 Å². The van der Waals surface area contributed by atoms with E-state index >= 15 is 0 Å². The lowest BCUT2D eigenvalue weighted by atomic mass is 10.1. The maximum atomic E-state index is 13.2. The van der Waals surface area contributed by atoms with Gasteiger partial charge in [0, 0.05) is 23.1 Å². The number of hydrogen-bond acceptors (Lipinski definition) is 4. The molecule has 2 aromatic carbocycles.